The molecule has 0 fully saturated rings. The van der Waals surface area contributed by atoms with Crippen molar-refractivity contribution in [3.05, 3.63) is 29.5 Å². The van der Waals surface area contributed by atoms with E-state index in [2.05, 4.69) is 41.2 Å². The summed E-state index contributed by atoms with van der Waals surface area (Å²) in [5, 5.41) is 3.96. The van der Waals surface area contributed by atoms with Gasteiger partial charge in [0.25, 0.3) is 0 Å². The van der Waals surface area contributed by atoms with Gasteiger partial charge in [0, 0.05) is 36.1 Å². The third-order valence-electron chi connectivity index (χ3n) is 5.96. The van der Waals surface area contributed by atoms with Gasteiger partial charge in [-0.3, -0.25) is 4.79 Å². The molecule has 182 valence electrons. The van der Waals surface area contributed by atoms with Crippen LogP contribution in [0.1, 0.15) is 77.6 Å². The maximum atomic E-state index is 13.2. The number of carbonyl (C=O) groups is 2. The predicted octanol–water partition coefficient (Wildman–Crippen LogP) is 5.34. The highest BCUT2D eigenvalue weighted by molar-refractivity contribution is 5.87. The topological polar surface area (TPSA) is 83.7 Å². The first kappa shape index (κ1) is 24.9. The molecular weight excluding hydrogens is 418 g/mol. The van der Waals surface area contributed by atoms with Gasteiger partial charge in [0.1, 0.15) is 11.4 Å². The molecule has 0 bridgehead atoms. The van der Waals surface area contributed by atoms with Crippen LogP contribution in [0.15, 0.2) is 18.2 Å². The van der Waals surface area contributed by atoms with Gasteiger partial charge < -0.3 is 24.7 Å². The molecule has 1 aliphatic heterocycles. The Kier molecular flexibility index (Phi) is 7.92. The molecule has 2 N–H and O–H groups in total. The molecular formula is C26H39N3O4. The fraction of sp³-hybridized carbons (Fsp3) is 0.615. The largest absolute Gasteiger partial charge is 0.497 e. The smallest absolute Gasteiger partial charge is 0.407 e. The number of fused-ring (bicyclic) bond motifs is 3. The molecule has 0 radical (unpaired) electrons. The second kappa shape index (κ2) is 10.5. The van der Waals surface area contributed by atoms with Crippen molar-refractivity contribution in [2.75, 3.05) is 20.2 Å². The molecule has 0 saturated heterocycles. The van der Waals surface area contributed by atoms with E-state index in [1.165, 1.54) is 10.9 Å². The first-order valence-corrected chi connectivity index (χ1v) is 12.0. The van der Waals surface area contributed by atoms with Crippen LogP contribution in [0.25, 0.3) is 10.9 Å². The lowest BCUT2D eigenvalue weighted by Gasteiger charge is -2.37. The first-order valence-electron chi connectivity index (χ1n) is 12.0. The fourth-order valence-electron chi connectivity index (χ4n) is 4.51. The molecule has 2 aromatic rings. The second-order valence-electron chi connectivity index (χ2n) is 10.3. The first-order chi connectivity index (χ1) is 15.6. The van der Waals surface area contributed by atoms with Crippen LogP contribution in [0.2, 0.25) is 0 Å². The summed E-state index contributed by atoms with van der Waals surface area (Å²) in [7, 11) is 1.69. The third-order valence-corrected chi connectivity index (χ3v) is 5.96. The van der Waals surface area contributed by atoms with Crippen molar-refractivity contribution in [3.8, 4) is 5.75 Å². The summed E-state index contributed by atoms with van der Waals surface area (Å²) in [6, 6.07) is 6.17. The van der Waals surface area contributed by atoms with Crippen molar-refractivity contribution >= 4 is 22.9 Å². The van der Waals surface area contributed by atoms with E-state index in [9.17, 15) is 9.59 Å². The number of alkyl carbamates (subject to hydrolysis) is 1. The van der Waals surface area contributed by atoms with Crippen molar-refractivity contribution in [1.82, 2.24) is 15.2 Å². The van der Waals surface area contributed by atoms with Crippen molar-refractivity contribution in [2.24, 2.45) is 5.92 Å². The van der Waals surface area contributed by atoms with Crippen LogP contribution in [-0.4, -0.2) is 47.7 Å². The van der Waals surface area contributed by atoms with E-state index >= 15 is 0 Å². The van der Waals surface area contributed by atoms with E-state index in [1.54, 1.807) is 7.11 Å². The van der Waals surface area contributed by atoms with Crippen LogP contribution >= 0.6 is 0 Å². The van der Waals surface area contributed by atoms with Gasteiger partial charge in [-0.2, -0.15) is 0 Å². The monoisotopic (exact) mass is 457 g/mol. The number of nitrogens with zero attached hydrogens (tertiary/aromatic N) is 1. The Morgan fingerprint density at radius 3 is 2.67 bits per heavy atom. The van der Waals surface area contributed by atoms with Crippen LogP contribution in [0.5, 0.6) is 5.75 Å². The molecule has 7 nitrogen and oxygen atoms in total. The number of ether oxygens (including phenoxy) is 2. The van der Waals surface area contributed by atoms with Gasteiger partial charge in [-0.15, -0.1) is 0 Å². The van der Waals surface area contributed by atoms with E-state index in [-0.39, 0.29) is 11.9 Å². The number of aromatic amines is 1. The number of hydrogen-bond donors (Lipinski definition) is 2. The summed E-state index contributed by atoms with van der Waals surface area (Å²) in [5.41, 5.74) is 3.06. The van der Waals surface area contributed by atoms with Gasteiger partial charge in [-0.1, -0.05) is 13.8 Å². The van der Waals surface area contributed by atoms with E-state index in [0.717, 1.165) is 49.2 Å². The summed E-state index contributed by atoms with van der Waals surface area (Å²) in [4.78, 5) is 30.6. The van der Waals surface area contributed by atoms with Gasteiger partial charge >= 0.3 is 6.09 Å². The molecule has 1 aromatic carbocycles. The highest BCUT2D eigenvalue weighted by atomic mass is 16.6. The van der Waals surface area contributed by atoms with Crippen molar-refractivity contribution < 1.29 is 19.1 Å². The summed E-state index contributed by atoms with van der Waals surface area (Å²) < 4.78 is 10.7. The average Bonchev–Trinajstić information content (AvgIpc) is 3.10. The van der Waals surface area contributed by atoms with Gasteiger partial charge in [0.15, 0.2) is 0 Å². The number of carbonyl (C=O) groups excluding carboxylic acids is 2. The van der Waals surface area contributed by atoms with Crippen molar-refractivity contribution in [2.45, 2.75) is 78.4 Å². The van der Waals surface area contributed by atoms with Crippen LogP contribution < -0.4 is 10.1 Å². The lowest BCUT2D eigenvalue weighted by molar-refractivity contribution is -0.134. The maximum absolute atomic E-state index is 13.2. The minimum Gasteiger partial charge on any atom is -0.497 e. The molecule has 2 amide bonds. The second-order valence-corrected chi connectivity index (χ2v) is 10.3. The van der Waals surface area contributed by atoms with Gasteiger partial charge in [-0.05, 0) is 76.1 Å². The minimum absolute atomic E-state index is 0.0551. The zero-order chi connectivity index (χ0) is 24.2. The van der Waals surface area contributed by atoms with Crippen molar-refractivity contribution in [3.63, 3.8) is 0 Å². The van der Waals surface area contributed by atoms with Crippen LogP contribution in [-0.2, 0) is 16.0 Å². The Hall–Kier alpha value is -2.70. The van der Waals surface area contributed by atoms with Crippen LogP contribution in [0.3, 0.4) is 0 Å². The number of benzene rings is 1. The van der Waals surface area contributed by atoms with E-state index < -0.39 is 11.7 Å². The number of H-pyrrole nitrogens is 1. The zero-order valence-corrected chi connectivity index (χ0v) is 20.9. The molecule has 7 heteroatoms. The average molecular weight is 458 g/mol. The normalized spacial score (nSPS) is 16.1. The molecule has 2 heterocycles. The maximum Gasteiger partial charge on any atom is 0.407 e. The predicted molar refractivity (Wildman–Crippen MR) is 131 cm³/mol. The van der Waals surface area contributed by atoms with Crippen LogP contribution in [0.4, 0.5) is 4.79 Å². The minimum atomic E-state index is -0.508. The Morgan fingerprint density at radius 1 is 1.24 bits per heavy atom. The lowest BCUT2D eigenvalue weighted by atomic mass is 9.91. The molecule has 1 aliphatic rings. The number of nitrogens with one attached hydrogen (secondary N) is 2. The molecule has 0 spiro atoms. The fourth-order valence-corrected chi connectivity index (χ4v) is 4.51. The number of methoxy groups -OCH3 is 1. The zero-order valence-electron chi connectivity index (χ0n) is 20.9. The van der Waals surface area contributed by atoms with E-state index in [0.29, 0.717) is 18.9 Å². The van der Waals surface area contributed by atoms with E-state index in [1.807, 2.05) is 26.8 Å². The molecule has 1 atom stereocenters. The highest BCUT2D eigenvalue weighted by Gasteiger charge is 2.33. The molecule has 1 unspecified atom stereocenters. The number of amides is 2. The lowest BCUT2D eigenvalue weighted by Crippen LogP contribution is -2.40. The van der Waals surface area contributed by atoms with Crippen LogP contribution in [0, 0.1) is 5.92 Å². The molecule has 1 aromatic heterocycles. The summed E-state index contributed by atoms with van der Waals surface area (Å²) >= 11 is 0. The molecule has 0 saturated carbocycles. The van der Waals surface area contributed by atoms with Gasteiger partial charge in [-0.25, -0.2) is 4.79 Å². The Balaban J connectivity index is 1.63. The standard InChI is InChI=1S/C26H39N3O4/c1-17(2)15-22-24-19(20-16-18(32-6)10-11-21(20)28-24)12-14-29(22)23(30)9-7-8-13-27-25(31)33-26(3,4)5/h10-11,16-17,22,28H,7-9,12-15H2,1-6H3,(H,27,31). The molecule has 3 rings (SSSR count). The molecule has 33 heavy (non-hydrogen) atoms. The SMILES string of the molecule is COc1ccc2[nH]c3c(c2c1)CCN(C(=O)CCCCNC(=O)OC(C)(C)C)C3CC(C)C. The number of aromatic nitrogens is 1. The summed E-state index contributed by atoms with van der Waals surface area (Å²) in [5.74, 6) is 1.50. The molecule has 0 aliphatic carbocycles. The Morgan fingerprint density at radius 2 is 2.00 bits per heavy atom. The van der Waals surface area contributed by atoms with Crippen molar-refractivity contribution in [1.29, 1.82) is 0 Å². The number of hydrogen-bond acceptors (Lipinski definition) is 4. The Bertz CT molecular complexity index is 974. The van der Waals surface area contributed by atoms with Gasteiger partial charge in [0.05, 0.1) is 13.2 Å². The Labute approximate surface area is 197 Å². The highest BCUT2D eigenvalue weighted by Crippen LogP contribution is 2.39. The quantitative estimate of drug-likeness (QED) is 0.524. The summed E-state index contributed by atoms with van der Waals surface area (Å²) in [6.07, 6.45) is 3.30. The third kappa shape index (κ3) is 6.42. The number of unbranched alkanes of at least 4 members (excludes halogenated alkanes) is 1. The van der Waals surface area contributed by atoms with Gasteiger partial charge in [0.2, 0.25) is 5.91 Å². The summed E-state index contributed by atoms with van der Waals surface area (Å²) in [6.45, 7) is 11.1. The number of rotatable bonds is 8. The van der Waals surface area contributed by atoms with E-state index in [4.69, 9.17) is 9.47 Å².